The molecule has 0 amide bonds. The molecule has 2 heterocycles. The van der Waals surface area contributed by atoms with Gasteiger partial charge in [0.1, 0.15) is 0 Å². The Balaban J connectivity index is 0.000000268. The van der Waals surface area contributed by atoms with Gasteiger partial charge in [-0.3, -0.25) is 9.80 Å². The summed E-state index contributed by atoms with van der Waals surface area (Å²) in [5, 5.41) is 0. The fourth-order valence-corrected chi connectivity index (χ4v) is 3.88. The Morgan fingerprint density at radius 2 is 0.839 bits per heavy atom. The molecule has 2 heteroatoms. The molecule has 0 bridgehead atoms. The number of benzene rings is 2. The summed E-state index contributed by atoms with van der Waals surface area (Å²) >= 11 is 0. The monoisotopic (exact) mass is 424 g/mol. The Bertz CT molecular complexity index is 740. The lowest BCUT2D eigenvalue weighted by molar-refractivity contribution is 0.121. The molecule has 0 aromatic heterocycles. The van der Waals surface area contributed by atoms with Crippen molar-refractivity contribution in [2.45, 2.75) is 106 Å². The van der Waals surface area contributed by atoms with Crippen molar-refractivity contribution < 1.29 is 0 Å². The smallest absolute Gasteiger partial charge is 0.0245 e. The second kappa shape index (κ2) is 12.4. The fraction of sp³-hybridized carbons (Fsp3) is 0.586. The minimum absolute atomic E-state index is 0.291. The highest BCUT2D eigenvalue weighted by Gasteiger charge is 2.27. The predicted octanol–water partition coefficient (Wildman–Crippen LogP) is 7.70. The zero-order chi connectivity index (χ0) is 23.7. The molecule has 0 aliphatic carbocycles. The third-order valence-corrected chi connectivity index (χ3v) is 5.87. The summed E-state index contributed by atoms with van der Waals surface area (Å²) in [5.41, 5.74) is 6.63. The first-order valence-electron chi connectivity index (χ1n) is 12.3. The molecule has 0 unspecified atom stereocenters. The highest BCUT2D eigenvalue weighted by atomic mass is 15.2. The van der Waals surface area contributed by atoms with Crippen LogP contribution in [0.25, 0.3) is 0 Å². The van der Waals surface area contributed by atoms with E-state index in [1.807, 2.05) is 27.7 Å². The van der Waals surface area contributed by atoms with Crippen LogP contribution < -0.4 is 0 Å². The molecular formula is C29H48N2. The van der Waals surface area contributed by atoms with Gasteiger partial charge in [0, 0.05) is 37.3 Å². The number of hydrogen-bond acceptors (Lipinski definition) is 2. The van der Waals surface area contributed by atoms with E-state index in [-0.39, 0.29) is 0 Å². The van der Waals surface area contributed by atoms with Gasteiger partial charge in [-0.2, -0.15) is 0 Å². The van der Waals surface area contributed by atoms with Crippen molar-refractivity contribution in [2.75, 3.05) is 6.54 Å². The zero-order valence-corrected chi connectivity index (χ0v) is 22.0. The maximum absolute atomic E-state index is 2.55. The van der Waals surface area contributed by atoms with Gasteiger partial charge in [-0.25, -0.2) is 0 Å². The van der Waals surface area contributed by atoms with Crippen molar-refractivity contribution in [1.82, 2.24) is 9.80 Å². The first-order valence-corrected chi connectivity index (χ1v) is 12.3. The van der Waals surface area contributed by atoms with Crippen molar-refractivity contribution in [3.8, 4) is 0 Å². The van der Waals surface area contributed by atoms with E-state index in [2.05, 4.69) is 99.9 Å². The highest BCUT2D eigenvalue weighted by Crippen LogP contribution is 2.28. The predicted molar refractivity (Wildman–Crippen MR) is 138 cm³/mol. The van der Waals surface area contributed by atoms with Gasteiger partial charge < -0.3 is 0 Å². The van der Waals surface area contributed by atoms with Crippen LogP contribution in [0.2, 0.25) is 0 Å². The Labute approximate surface area is 193 Å². The van der Waals surface area contributed by atoms with E-state index in [0.29, 0.717) is 11.1 Å². The first kappa shape index (κ1) is 27.4. The lowest BCUT2D eigenvalue weighted by atomic mass is 9.95. The molecule has 2 aliphatic heterocycles. The van der Waals surface area contributed by atoms with Crippen molar-refractivity contribution in [2.24, 2.45) is 0 Å². The summed E-state index contributed by atoms with van der Waals surface area (Å²) in [6.45, 7) is 26.2. The average Bonchev–Trinajstić information content (AvgIpc) is 3.21. The molecule has 2 aromatic rings. The van der Waals surface area contributed by atoms with Gasteiger partial charge in [0.2, 0.25) is 0 Å². The average molecular weight is 425 g/mol. The summed E-state index contributed by atoms with van der Waals surface area (Å²) in [6.07, 6.45) is 1.20. The van der Waals surface area contributed by atoms with Gasteiger partial charge in [0.25, 0.3) is 0 Å². The Hall–Kier alpha value is -1.64. The minimum atomic E-state index is 0.291. The molecule has 2 nitrogen and oxygen atoms in total. The summed E-state index contributed by atoms with van der Waals surface area (Å²) in [5.74, 6) is 0. The van der Waals surface area contributed by atoms with Crippen molar-refractivity contribution in [3.05, 3.63) is 70.8 Å². The van der Waals surface area contributed by atoms with Crippen LogP contribution in [-0.4, -0.2) is 27.4 Å². The van der Waals surface area contributed by atoms with E-state index < -0.39 is 0 Å². The van der Waals surface area contributed by atoms with Gasteiger partial charge in [0.15, 0.2) is 0 Å². The van der Waals surface area contributed by atoms with Crippen LogP contribution in [0.5, 0.6) is 0 Å². The van der Waals surface area contributed by atoms with Crippen LogP contribution in [-0.2, 0) is 26.1 Å². The third kappa shape index (κ3) is 8.09. The first-order chi connectivity index (χ1) is 14.6. The van der Waals surface area contributed by atoms with E-state index in [1.54, 1.807) is 0 Å². The molecule has 174 valence electrons. The van der Waals surface area contributed by atoms with E-state index in [1.165, 1.54) is 35.2 Å². The SMILES string of the molecule is CC.CC.CC(C)(C)N1CCc2ccccc2C1.CC(C)(C)N1Cc2ccccc2C1. The number of hydrogen-bond donors (Lipinski definition) is 0. The maximum Gasteiger partial charge on any atom is 0.0245 e. The molecular weight excluding hydrogens is 376 g/mol. The summed E-state index contributed by atoms with van der Waals surface area (Å²) < 4.78 is 0. The molecule has 0 N–H and O–H groups in total. The highest BCUT2D eigenvalue weighted by molar-refractivity contribution is 5.31. The quantitative estimate of drug-likeness (QED) is 0.427. The van der Waals surface area contributed by atoms with E-state index in [4.69, 9.17) is 0 Å². The fourth-order valence-electron chi connectivity index (χ4n) is 3.88. The van der Waals surface area contributed by atoms with Crippen LogP contribution in [0.15, 0.2) is 48.5 Å². The van der Waals surface area contributed by atoms with Crippen molar-refractivity contribution >= 4 is 0 Å². The van der Waals surface area contributed by atoms with E-state index >= 15 is 0 Å². The number of nitrogens with zero attached hydrogens (tertiary/aromatic N) is 2. The summed E-state index contributed by atoms with van der Waals surface area (Å²) in [7, 11) is 0. The second-order valence-electron chi connectivity index (χ2n) is 9.91. The lowest BCUT2D eigenvalue weighted by Crippen LogP contribution is -2.44. The standard InChI is InChI=1S/C13H19N.C12H17N.2C2H6/c1-13(2,3)14-9-8-11-6-4-5-7-12(11)10-14;1-12(2,3)13-8-10-6-4-5-7-11(10)9-13;2*1-2/h4-7H,8-10H2,1-3H3;4-7H,8-9H2,1-3H3;2*1-2H3. The van der Waals surface area contributed by atoms with E-state index in [0.717, 1.165) is 19.6 Å². The van der Waals surface area contributed by atoms with Crippen molar-refractivity contribution in [1.29, 1.82) is 0 Å². The van der Waals surface area contributed by atoms with Crippen molar-refractivity contribution in [3.63, 3.8) is 0 Å². The molecule has 0 radical (unpaired) electrons. The topological polar surface area (TPSA) is 6.48 Å². The molecule has 0 atom stereocenters. The molecule has 0 saturated carbocycles. The van der Waals surface area contributed by atoms with Crippen LogP contribution in [0.4, 0.5) is 0 Å². The van der Waals surface area contributed by atoms with Gasteiger partial charge in [-0.1, -0.05) is 76.2 Å². The molecule has 0 saturated heterocycles. The van der Waals surface area contributed by atoms with Gasteiger partial charge in [-0.05, 0) is 70.2 Å². The molecule has 31 heavy (non-hydrogen) atoms. The Morgan fingerprint density at radius 3 is 1.23 bits per heavy atom. The summed E-state index contributed by atoms with van der Waals surface area (Å²) in [6, 6.07) is 17.5. The zero-order valence-electron chi connectivity index (χ0n) is 22.0. The molecule has 2 aliphatic rings. The molecule has 2 aromatic carbocycles. The van der Waals surface area contributed by atoms with Crippen LogP contribution in [0, 0.1) is 0 Å². The minimum Gasteiger partial charge on any atom is -0.294 e. The van der Waals surface area contributed by atoms with Crippen LogP contribution >= 0.6 is 0 Å². The van der Waals surface area contributed by atoms with Crippen LogP contribution in [0.1, 0.15) is 91.5 Å². The lowest BCUT2D eigenvalue weighted by Gasteiger charge is -2.39. The maximum atomic E-state index is 2.55. The summed E-state index contributed by atoms with van der Waals surface area (Å²) in [4.78, 5) is 5.06. The second-order valence-corrected chi connectivity index (χ2v) is 9.91. The van der Waals surface area contributed by atoms with E-state index in [9.17, 15) is 0 Å². The van der Waals surface area contributed by atoms with Gasteiger partial charge in [-0.15, -0.1) is 0 Å². The normalized spacial score (nSPS) is 15.8. The molecule has 0 fully saturated rings. The number of fused-ring (bicyclic) bond motifs is 2. The third-order valence-electron chi connectivity index (χ3n) is 5.87. The van der Waals surface area contributed by atoms with Gasteiger partial charge in [0.05, 0.1) is 0 Å². The van der Waals surface area contributed by atoms with Gasteiger partial charge >= 0.3 is 0 Å². The Kier molecular flexibility index (Phi) is 11.0. The largest absolute Gasteiger partial charge is 0.294 e. The molecule has 4 rings (SSSR count). The number of rotatable bonds is 0. The Morgan fingerprint density at radius 1 is 0.516 bits per heavy atom. The van der Waals surface area contributed by atoms with Crippen LogP contribution in [0.3, 0.4) is 0 Å². The molecule has 0 spiro atoms.